The highest BCUT2D eigenvalue weighted by molar-refractivity contribution is 5.49. The second-order valence-corrected chi connectivity index (χ2v) is 8.79. The first kappa shape index (κ1) is 26.5. The van der Waals surface area contributed by atoms with Crippen molar-refractivity contribution in [2.75, 3.05) is 6.61 Å². The van der Waals surface area contributed by atoms with Crippen molar-refractivity contribution in [3.05, 3.63) is 108 Å². The summed E-state index contributed by atoms with van der Waals surface area (Å²) in [7, 11) is 0. The summed E-state index contributed by atoms with van der Waals surface area (Å²) in [5.74, 6) is -1.81. The Hall–Kier alpha value is -2.75. The minimum absolute atomic E-state index is 0.129. The zero-order valence-corrected chi connectivity index (χ0v) is 19.9. The van der Waals surface area contributed by atoms with Gasteiger partial charge < -0.3 is 4.74 Å². The monoisotopic (exact) mass is 456 g/mol. The van der Waals surface area contributed by atoms with Crippen LogP contribution in [-0.4, -0.2) is 6.61 Å². The molecule has 0 heterocycles. The minimum atomic E-state index is -1.19. The highest BCUT2D eigenvalue weighted by Gasteiger charge is 2.22. The molecular formula is C29H35F3O. The van der Waals surface area contributed by atoms with Gasteiger partial charge in [-0.25, -0.2) is 8.78 Å². The van der Waals surface area contributed by atoms with E-state index in [2.05, 4.69) is 33.2 Å². The summed E-state index contributed by atoms with van der Waals surface area (Å²) in [6, 6.07) is 5.54. The van der Waals surface area contributed by atoms with E-state index >= 15 is 0 Å². The Morgan fingerprint density at radius 2 is 1.70 bits per heavy atom. The lowest BCUT2D eigenvalue weighted by atomic mass is 9.79. The van der Waals surface area contributed by atoms with Crippen LogP contribution in [0.25, 0.3) is 0 Å². The number of aryl methyl sites for hydroxylation is 1. The van der Waals surface area contributed by atoms with Crippen LogP contribution >= 0.6 is 0 Å². The smallest absolute Gasteiger partial charge is 0.200 e. The van der Waals surface area contributed by atoms with Gasteiger partial charge in [0.25, 0.3) is 0 Å². The maximum atomic E-state index is 14.7. The molecule has 0 atom stereocenters. The van der Waals surface area contributed by atoms with Crippen LogP contribution in [-0.2, 0) is 11.2 Å². The molecule has 1 nitrogen and oxygen atoms in total. The van der Waals surface area contributed by atoms with Gasteiger partial charge in [-0.05, 0) is 67.2 Å². The number of benzene rings is 1. The third-order valence-corrected chi connectivity index (χ3v) is 6.18. The van der Waals surface area contributed by atoms with Gasteiger partial charge in [-0.2, -0.15) is 4.39 Å². The second-order valence-electron chi connectivity index (χ2n) is 8.79. The van der Waals surface area contributed by atoms with Gasteiger partial charge in [-0.3, -0.25) is 0 Å². The molecule has 0 unspecified atom stereocenters. The molecule has 178 valence electrons. The molecule has 33 heavy (non-hydrogen) atoms. The van der Waals surface area contributed by atoms with Crippen LogP contribution in [0.1, 0.15) is 63.0 Å². The molecule has 1 aromatic rings. The molecule has 4 heteroatoms. The van der Waals surface area contributed by atoms with Gasteiger partial charge in [0.15, 0.2) is 11.6 Å². The number of halogens is 3. The normalized spacial score (nSPS) is 19.2. The Bertz CT molecular complexity index is 959. The fourth-order valence-electron chi connectivity index (χ4n) is 3.97. The second kappa shape index (κ2) is 12.5. The minimum Gasteiger partial charge on any atom is -0.491 e. The summed E-state index contributed by atoms with van der Waals surface area (Å²) in [6.45, 7) is 18.7. The molecule has 0 aromatic heterocycles. The molecule has 2 rings (SSSR count). The molecule has 0 N–H and O–H groups in total. The third kappa shape index (κ3) is 7.66. The van der Waals surface area contributed by atoms with E-state index < -0.39 is 11.7 Å². The molecule has 1 aliphatic rings. The van der Waals surface area contributed by atoms with E-state index in [1.54, 1.807) is 19.1 Å². The lowest BCUT2D eigenvalue weighted by Gasteiger charge is -2.26. The number of ether oxygens (including phenoxy) is 1. The Morgan fingerprint density at radius 3 is 2.30 bits per heavy atom. The van der Waals surface area contributed by atoms with Crippen molar-refractivity contribution in [3.63, 3.8) is 0 Å². The number of hydrogen-bond acceptors (Lipinski definition) is 1. The van der Waals surface area contributed by atoms with Crippen molar-refractivity contribution >= 4 is 0 Å². The number of hydrogen-bond donors (Lipinski definition) is 0. The van der Waals surface area contributed by atoms with Crippen molar-refractivity contribution in [2.24, 2.45) is 5.92 Å². The van der Waals surface area contributed by atoms with Gasteiger partial charge in [-0.1, -0.05) is 75.9 Å². The first-order valence-electron chi connectivity index (χ1n) is 11.5. The maximum absolute atomic E-state index is 14.7. The molecule has 1 fully saturated rings. The topological polar surface area (TPSA) is 9.23 Å². The Balaban J connectivity index is 1.91. The van der Waals surface area contributed by atoms with E-state index in [0.717, 1.165) is 48.3 Å². The van der Waals surface area contributed by atoms with E-state index in [0.29, 0.717) is 18.8 Å². The maximum Gasteiger partial charge on any atom is 0.200 e. The van der Waals surface area contributed by atoms with Crippen molar-refractivity contribution in [3.8, 4) is 0 Å². The largest absolute Gasteiger partial charge is 0.491 e. The molecule has 0 radical (unpaired) electrons. The number of allylic oxidation sites excluding steroid dienone is 7. The first-order valence-corrected chi connectivity index (χ1v) is 11.5. The fourth-order valence-corrected chi connectivity index (χ4v) is 3.97. The van der Waals surface area contributed by atoms with E-state index in [1.165, 1.54) is 6.08 Å². The van der Waals surface area contributed by atoms with Crippen molar-refractivity contribution in [2.45, 2.75) is 58.3 Å². The first-order chi connectivity index (χ1) is 15.6. The van der Waals surface area contributed by atoms with Crippen LogP contribution in [0, 0.1) is 11.7 Å². The highest BCUT2D eigenvalue weighted by Crippen LogP contribution is 2.36. The van der Waals surface area contributed by atoms with Gasteiger partial charge in [0.1, 0.15) is 5.82 Å². The lowest BCUT2D eigenvalue weighted by molar-refractivity contribution is 0.224. The molecule has 0 bridgehead atoms. The summed E-state index contributed by atoms with van der Waals surface area (Å²) in [5, 5.41) is 0. The van der Waals surface area contributed by atoms with Gasteiger partial charge in [0.05, 0.1) is 6.61 Å². The predicted molar refractivity (Wildman–Crippen MR) is 132 cm³/mol. The van der Waals surface area contributed by atoms with Crippen molar-refractivity contribution in [1.82, 2.24) is 0 Å². The van der Waals surface area contributed by atoms with Crippen LogP contribution in [0.3, 0.4) is 0 Å². The molecule has 0 amide bonds. The van der Waals surface area contributed by atoms with Gasteiger partial charge in [0.2, 0.25) is 5.83 Å². The van der Waals surface area contributed by atoms with Gasteiger partial charge in [0, 0.05) is 5.57 Å². The molecule has 0 aliphatic heterocycles. The average Bonchev–Trinajstić information content (AvgIpc) is 2.80. The molecular weight excluding hydrogens is 421 g/mol. The van der Waals surface area contributed by atoms with Crippen LogP contribution in [0.2, 0.25) is 0 Å². The molecule has 1 aliphatic carbocycles. The Labute approximate surface area is 196 Å². The average molecular weight is 457 g/mol. The standard InChI is InChI=1S/C29H35F3O/c1-7-33-23(6)29(32)28(31)22(5)21(4)12-8-19(2)9-13-24-14-17-26(27(30)18-24)25-15-10-20(3)11-16-25/h8,12,14,17-18,20,25H,2,4-7,9-11,13,15-16H2,1,3H3/b12-8-,29-28-. The Kier molecular flexibility index (Phi) is 10.0. The third-order valence-electron chi connectivity index (χ3n) is 6.18. The van der Waals surface area contributed by atoms with Crippen LogP contribution in [0.4, 0.5) is 13.2 Å². The van der Waals surface area contributed by atoms with Crippen molar-refractivity contribution in [1.29, 1.82) is 0 Å². The summed E-state index contributed by atoms with van der Waals surface area (Å²) in [5.41, 5.74) is 2.52. The Morgan fingerprint density at radius 1 is 1.03 bits per heavy atom. The molecule has 0 spiro atoms. The highest BCUT2D eigenvalue weighted by atomic mass is 19.2. The van der Waals surface area contributed by atoms with E-state index in [9.17, 15) is 13.2 Å². The van der Waals surface area contributed by atoms with Crippen molar-refractivity contribution < 1.29 is 17.9 Å². The summed E-state index contributed by atoms with van der Waals surface area (Å²) in [4.78, 5) is 0. The summed E-state index contributed by atoms with van der Waals surface area (Å²) >= 11 is 0. The SMILES string of the molecule is C=C(/C=C\C(=C)C(=C)/C(F)=C(/F)C(=C)OCC)CCc1ccc(C2CCC(C)CC2)c(F)c1. The molecule has 1 aromatic carbocycles. The van der Waals surface area contributed by atoms with Crippen LogP contribution < -0.4 is 0 Å². The summed E-state index contributed by atoms with van der Waals surface area (Å²) in [6.07, 6.45) is 8.86. The molecule has 0 saturated heterocycles. The summed E-state index contributed by atoms with van der Waals surface area (Å²) < 4.78 is 47.8. The zero-order chi connectivity index (χ0) is 24.5. The van der Waals surface area contributed by atoms with Crippen LogP contribution in [0.5, 0.6) is 0 Å². The van der Waals surface area contributed by atoms with Gasteiger partial charge in [-0.15, -0.1) is 0 Å². The van der Waals surface area contributed by atoms with E-state index in [-0.39, 0.29) is 29.3 Å². The lowest BCUT2D eigenvalue weighted by Crippen LogP contribution is -2.12. The number of rotatable bonds is 11. The van der Waals surface area contributed by atoms with E-state index in [4.69, 9.17) is 4.74 Å². The van der Waals surface area contributed by atoms with E-state index in [1.807, 2.05) is 12.1 Å². The zero-order valence-electron chi connectivity index (χ0n) is 19.9. The van der Waals surface area contributed by atoms with Gasteiger partial charge >= 0.3 is 0 Å². The van der Waals surface area contributed by atoms with Crippen LogP contribution in [0.15, 0.2) is 90.8 Å². The quantitative estimate of drug-likeness (QED) is 0.238. The predicted octanol–water partition coefficient (Wildman–Crippen LogP) is 8.98. The fraction of sp³-hybridized carbons (Fsp3) is 0.379. The molecule has 1 saturated carbocycles.